The molecule has 0 aromatic carbocycles. The third-order valence-corrected chi connectivity index (χ3v) is 4.73. The summed E-state index contributed by atoms with van der Waals surface area (Å²) in [5.41, 5.74) is 3.35. The van der Waals surface area contributed by atoms with Crippen LogP contribution in [0, 0.1) is 6.92 Å². The lowest BCUT2D eigenvalue weighted by molar-refractivity contribution is 0.244. The molecule has 4 heterocycles. The van der Waals surface area contributed by atoms with Gasteiger partial charge >= 0.3 is 0 Å². The number of nitrogens with zero attached hydrogens (tertiary/aromatic N) is 4. The molecule has 5 heteroatoms. The van der Waals surface area contributed by atoms with E-state index in [4.69, 9.17) is 4.98 Å². The molecule has 4 rings (SSSR count). The van der Waals surface area contributed by atoms with Crippen molar-refractivity contribution >= 4 is 11.6 Å². The second-order valence-corrected chi connectivity index (χ2v) is 6.73. The van der Waals surface area contributed by atoms with Gasteiger partial charge in [0, 0.05) is 24.6 Å². The Hall–Kier alpha value is -2.79. The molecule has 1 N–H and O–H groups in total. The standard InChI is InChI=1S/C21H23N5/c1-16-6-2-10-20(23-16)25-21-11-3-8-18(24-21)19-9-5-13-26(19)15-17-7-4-12-22-14-17/h2-4,6-8,10-12,14,19H,5,9,13,15H2,1H3,(H,23,24,25)/t19-/m1/s1. The van der Waals surface area contributed by atoms with Gasteiger partial charge in [0.1, 0.15) is 11.6 Å². The molecule has 26 heavy (non-hydrogen) atoms. The predicted molar refractivity (Wildman–Crippen MR) is 103 cm³/mol. The topological polar surface area (TPSA) is 53.9 Å². The van der Waals surface area contributed by atoms with Gasteiger partial charge in [0.2, 0.25) is 0 Å². The van der Waals surface area contributed by atoms with Crippen molar-refractivity contribution in [2.45, 2.75) is 32.4 Å². The van der Waals surface area contributed by atoms with E-state index < -0.39 is 0 Å². The Balaban J connectivity index is 1.51. The number of hydrogen-bond donors (Lipinski definition) is 1. The van der Waals surface area contributed by atoms with Crippen LogP contribution >= 0.6 is 0 Å². The average Bonchev–Trinajstić information content (AvgIpc) is 3.11. The molecule has 3 aromatic heterocycles. The van der Waals surface area contributed by atoms with E-state index in [1.54, 1.807) is 0 Å². The van der Waals surface area contributed by atoms with E-state index in [9.17, 15) is 0 Å². The molecule has 1 fully saturated rings. The van der Waals surface area contributed by atoms with Crippen LogP contribution in [-0.4, -0.2) is 26.4 Å². The fourth-order valence-corrected chi connectivity index (χ4v) is 3.53. The molecule has 1 aliphatic rings. The van der Waals surface area contributed by atoms with Crippen LogP contribution in [0.5, 0.6) is 0 Å². The quantitative estimate of drug-likeness (QED) is 0.749. The second-order valence-electron chi connectivity index (χ2n) is 6.73. The Morgan fingerprint density at radius 3 is 2.69 bits per heavy atom. The van der Waals surface area contributed by atoms with Gasteiger partial charge in [0.25, 0.3) is 0 Å². The van der Waals surface area contributed by atoms with Gasteiger partial charge in [-0.15, -0.1) is 0 Å². The lowest BCUT2D eigenvalue weighted by Crippen LogP contribution is -2.23. The number of pyridine rings is 3. The molecule has 1 atom stereocenters. The summed E-state index contributed by atoms with van der Waals surface area (Å²) in [5.74, 6) is 1.67. The third kappa shape index (κ3) is 3.89. The van der Waals surface area contributed by atoms with Gasteiger partial charge in [-0.25, -0.2) is 9.97 Å². The first-order chi connectivity index (χ1) is 12.8. The van der Waals surface area contributed by atoms with Crippen LogP contribution in [0.4, 0.5) is 11.6 Å². The maximum Gasteiger partial charge on any atom is 0.131 e. The van der Waals surface area contributed by atoms with E-state index in [0.717, 1.165) is 42.5 Å². The van der Waals surface area contributed by atoms with E-state index in [0.29, 0.717) is 6.04 Å². The van der Waals surface area contributed by atoms with Crippen molar-refractivity contribution in [3.05, 3.63) is 77.9 Å². The van der Waals surface area contributed by atoms with E-state index in [1.807, 2.05) is 49.6 Å². The van der Waals surface area contributed by atoms with Crippen LogP contribution in [0.15, 0.2) is 60.9 Å². The van der Waals surface area contributed by atoms with Crippen molar-refractivity contribution in [2.75, 3.05) is 11.9 Å². The molecule has 0 saturated carbocycles. The van der Waals surface area contributed by atoms with E-state index in [-0.39, 0.29) is 0 Å². The van der Waals surface area contributed by atoms with Crippen LogP contribution in [0.1, 0.15) is 35.8 Å². The summed E-state index contributed by atoms with van der Waals surface area (Å²) in [6, 6.07) is 16.6. The van der Waals surface area contributed by atoms with Crippen LogP contribution < -0.4 is 5.32 Å². The predicted octanol–water partition coefficient (Wildman–Crippen LogP) is 4.26. The summed E-state index contributed by atoms with van der Waals surface area (Å²) in [6.07, 6.45) is 6.11. The molecule has 5 nitrogen and oxygen atoms in total. The Labute approximate surface area is 154 Å². The molecule has 3 aromatic rings. The lowest BCUT2D eigenvalue weighted by Gasteiger charge is -2.24. The van der Waals surface area contributed by atoms with Crippen molar-refractivity contribution in [2.24, 2.45) is 0 Å². The van der Waals surface area contributed by atoms with Crippen molar-refractivity contribution in [1.82, 2.24) is 19.9 Å². The molecular formula is C21H23N5. The highest BCUT2D eigenvalue weighted by Crippen LogP contribution is 2.32. The van der Waals surface area contributed by atoms with E-state index in [1.165, 1.54) is 12.0 Å². The first-order valence-electron chi connectivity index (χ1n) is 9.08. The van der Waals surface area contributed by atoms with E-state index >= 15 is 0 Å². The molecule has 132 valence electrons. The maximum absolute atomic E-state index is 4.86. The van der Waals surface area contributed by atoms with Crippen molar-refractivity contribution in [1.29, 1.82) is 0 Å². The van der Waals surface area contributed by atoms with Crippen molar-refractivity contribution in [3.8, 4) is 0 Å². The normalized spacial score (nSPS) is 17.3. The smallest absolute Gasteiger partial charge is 0.131 e. The molecule has 0 radical (unpaired) electrons. The van der Waals surface area contributed by atoms with Crippen LogP contribution in [0.25, 0.3) is 0 Å². The number of aromatic nitrogens is 3. The molecule has 0 bridgehead atoms. The van der Waals surface area contributed by atoms with Gasteiger partial charge in [0.15, 0.2) is 0 Å². The molecule has 1 aliphatic heterocycles. The fraction of sp³-hybridized carbons (Fsp3) is 0.286. The highest BCUT2D eigenvalue weighted by atomic mass is 15.2. The number of aryl methyl sites for hydroxylation is 1. The number of anilines is 2. The lowest BCUT2D eigenvalue weighted by atomic mass is 10.1. The summed E-state index contributed by atoms with van der Waals surface area (Å²) < 4.78 is 0. The molecule has 0 aliphatic carbocycles. The van der Waals surface area contributed by atoms with Gasteiger partial charge in [0.05, 0.1) is 11.7 Å². The van der Waals surface area contributed by atoms with Crippen molar-refractivity contribution in [3.63, 3.8) is 0 Å². The van der Waals surface area contributed by atoms with E-state index in [2.05, 4.69) is 38.4 Å². The summed E-state index contributed by atoms with van der Waals surface area (Å²) in [6.45, 7) is 4.00. The SMILES string of the molecule is Cc1cccc(Nc2cccc([C@H]3CCCN3Cc3cccnc3)n2)n1. The summed E-state index contributed by atoms with van der Waals surface area (Å²) >= 11 is 0. The van der Waals surface area contributed by atoms with Gasteiger partial charge in [-0.1, -0.05) is 18.2 Å². The summed E-state index contributed by atoms with van der Waals surface area (Å²) in [7, 11) is 0. The van der Waals surface area contributed by atoms with Crippen LogP contribution in [0.3, 0.4) is 0 Å². The first kappa shape index (κ1) is 16.7. The highest BCUT2D eigenvalue weighted by Gasteiger charge is 2.27. The van der Waals surface area contributed by atoms with Gasteiger partial charge in [-0.2, -0.15) is 0 Å². The minimum absolute atomic E-state index is 0.349. The summed E-state index contributed by atoms with van der Waals surface area (Å²) in [5, 5.41) is 3.32. The Bertz CT molecular complexity index is 865. The fourth-order valence-electron chi connectivity index (χ4n) is 3.53. The second kappa shape index (κ2) is 7.62. The monoisotopic (exact) mass is 345 g/mol. The molecule has 1 saturated heterocycles. The zero-order valence-corrected chi connectivity index (χ0v) is 15.0. The Kier molecular flexibility index (Phi) is 4.88. The zero-order valence-electron chi connectivity index (χ0n) is 15.0. The van der Waals surface area contributed by atoms with Crippen LogP contribution in [0.2, 0.25) is 0 Å². The van der Waals surface area contributed by atoms with Crippen molar-refractivity contribution < 1.29 is 0 Å². The van der Waals surface area contributed by atoms with Crippen LogP contribution in [-0.2, 0) is 6.54 Å². The molecular weight excluding hydrogens is 322 g/mol. The molecule has 0 unspecified atom stereocenters. The molecule has 0 amide bonds. The molecule has 0 spiro atoms. The Morgan fingerprint density at radius 2 is 1.88 bits per heavy atom. The average molecular weight is 345 g/mol. The largest absolute Gasteiger partial charge is 0.325 e. The highest BCUT2D eigenvalue weighted by molar-refractivity contribution is 5.51. The first-order valence-corrected chi connectivity index (χ1v) is 9.08. The minimum Gasteiger partial charge on any atom is -0.325 e. The van der Waals surface area contributed by atoms with Gasteiger partial charge < -0.3 is 5.32 Å². The Morgan fingerprint density at radius 1 is 1.04 bits per heavy atom. The maximum atomic E-state index is 4.86. The number of likely N-dealkylation sites (tertiary alicyclic amines) is 1. The number of hydrogen-bond acceptors (Lipinski definition) is 5. The number of rotatable bonds is 5. The summed E-state index contributed by atoms with van der Waals surface area (Å²) in [4.78, 5) is 16.1. The van der Waals surface area contributed by atoms with Gasteiger partial charge in [-0.05, 0) is 62.2 Å². The number of nitrogens with one attached hydrogen (secondary N) is 1. The van der Waals surface area contributed by atoms with Gasteiger partial charge in [-0.3, -0.25) is 9.88 Å². The third-order valence-electron chi connectivity index (χ3n) is 4.73. The zero-order chi connectivity index (χ0) is 17.8. The minimum atomic E-state index is 0.349.